The highest BCUT2D eigenvalue weighted by atomic mass is 35.5. The van der Waals surface area contributed by atoms with Crippen LogP contribution in [0.3, 0.4) is 0 Å². The van der Waals surface area contributed by atoms with Crippen molar-refractivity contribution in [1.82, 2.24) is 20.2 Å². The number of aromatic amines is 1. The van der Waals surface area contributed by atoms with Gasteiger partial charge in [-0.15, -0.1) is 0 Å². The number of methoxy groups -OCH3 is 1. The van der Waals surface area contributed by atoms with Crippen LogP contribution in [0.2, 0.25) is 5.02 Å². The number of nitrogens with two attached hydrogens (primary N) is 1. The molecule has 0 unspecified atom stereocenters. The average molecular weight is 464 g/mol. The second-order valence-electron chi connectivity index (χ2n) is 7.48. The third-order valence-corrected chi connectivity index (χ3v) is 5.62. The molecular weight excluding hydrogens is 438 g/mol. The Kier molecular flexibility index (Phi) is 8.20. The molecule has 1 saturated heterocycles. The number of amides is 1. The zero-order valence-electron chi connectivity index (χ0n) is 17.7. The molecule has 1 aliphatic rings. The number of esters is 1. The van der Waals surface area contributed by atoms with E-state index in [1.807, 2.05) is 0 Å². The van der Waals surface area contributed by atoms with E-state index in [1.54, 1.807) is 31.6 Å². The maximum Gasteiger partial charge on any atom is 0.307 e. The van der Waals surface area contributed by atoms with Crippen LogP contribution < -0.4 is 16.6 Å². The SMILES string of the molecule is CO[C@@H]1CN(CCC(=O)OCc2ccncc2)CC[C@@H]1NC(=O)c1cc(Cl)c(N)[nH]c1=O. The summed E-state index contributed by atoms with van der Waals surface area (Å²) in [6.45, 7) is 1.91. The number of nitrogens with one attached hydrogen (secondary N) is 2. The number of rotatable bonds is 8. The van der Waals surface area contributed by atoms with Gasteiger partial charge in [-0.3, -0.25) is 19.4 Å². The molecule has 1 fully saturated rings. The maximum atomic E-state index is 12.6. The van der Waals surface area contributed by atoms with Gasteiger partial charge in [0.05, 0.1) is 23.6 Å². The van der Waals surface area contributed by atoms with E-state index in [0.717, 1.165) is 5.56 Å². The third kappa shape index (κ3) is 6.28. The predicted molar refractivity (Wildman–Crippen MR) is 118 cm³/mol. The first kappa shape index (κ1) is 23.7. The smallest absolute Gasteiger partial charge is 0.307 e. The van der Waals surface area contributed by atoms with Gasteiger partial charge in [0.25, 0.3) is 11.5 Å². The van der Waals surface area contributed by atoms with Crippen LogP contribution in [0, 0.1) is 0 Å². The topological polar surface area (TPSA) is 140 Å². The van der Waals surface area contributed by atoms with Crippen LogP contribution >= 0.6 is 11.6 Å². The summed E-state index contributed by atoms with van der Waals surface area (Å²) < 4.78 is 10.8. The minimum Gasteiger partial charge on any atom is -0.461 e. The lowest BCUT2D eigenvalue weighted by Crippen LogP contribution is -2.55. The number of hydrogen-bond acceptors (Lipinski definition) is 8. The molecule has 3 rings (SSSR count). The van der Waals surface area contributed by atoms with E-state index >= 15 is 0 Å². The Morgan fingerprint density at radius 1 is 1.38 bits per heavy atom. The lowest BCUT2D eigenvalue weighted by atomic mass is 10.0. The van der Waals surface area contributed by atoms with Crippen molar-refractivity contribution in [2.45, 2.75) is 31.6 Å². The number of carbonyl (C=O) groups excluding carboxylic acids is 2. The van der Waals surface area contributed by atoms with Gasteiger partial charge >= 0.3 is 5.97 Å². The summed E-state index contributed by atoms with van der Waals surface area (Å²) in [5, 5.41) is 2.94. The number of carbonyl (C=O) groups is 2. The molecule has 3 heterocycles. The normalized spacial score (nSPS) is 18.8. The number of anilines is 1. The fraction of sp³-hybridized carbons (Fsp3) is 0.429. The first-order chi connectivity index (χ1) is 15.4. The second kappa shape index (κ2) is 11.1. The fourth-order valence-electron chi connectivity index (χ4n) is 3.49. The van der Waals surface area contributed by atoms with Crippen molar-refractivity contribution in [3.05, 3.63) is 57.1 Å². The van der Waals surface area contributed by atoms with Gasteiger partial charge in [0.2, 0.25) is 0 Å². The van der Waals surface area contributed by atoms with Crippen LogP contribution in [0.5, 0.6) is 0 Å². The Morgan fingerprint density at radius 3 is 2.84 bits per heavy atom. The first-order valence-electron chi connectivity index (χ1n) is 10.2. The van der Waals surface area contributed by atoms with Crippen LogP contribution in [-0.4, -0.2) is 65.6 Å². The van der Waals surface area contributed by atoms with E-state index in [1.165, 1.54) is 6.07 Å². The van der Waals surface area contributed by atoms with E-state index in [2.05, 4.69) is 20.2 Å². The summed E-state index contributed by atoms with van der Waals surface area (Å²) in [5.41, 5.74) is 5.71. The molecule has 1 aliphatic heterocycles. The molecule has 0 aromatic carbocycles. The van der Waals surface area contributed by atoms with Crippen LogP contribution in [-0.2, 0) is 20.9 Å². The zero-order chi connectivity index (χ0) is 23.1. The molecule has 11 heteroatoms. The molecule has 0 radical (unpaired) electrons. The molecule has 172 valence electrons. The quantitative estimate of drug-likeness (QED) is 0.492. The molecule has 0 aliphatic carbocycles. The van der Waals surface area contributed by atoms with Gasteiger partial charge in [0.1, 0.15) is 18.0 Å². The summed E-state index contributed by atoms with van der Waals surface area (Å²) in [6, 6.07) is 4.54. The highest BCUT2D eigenvalue weighted by molar-refractivity contribution is 6.33. The van der Waals surface area contributed by atoms with Crippen molar-refractivity contribution in [3.63, 3.8) is 0 Å². The van der Waals surface area contributed by atoms with Crippen molar-refractivity contribution in [3.8, 4) is 0 Å². The fourth-order valence-corrected chi connectivity index (χ4v) is 3.64. The molecule has 0 bridgehead atoms. The highest BCUT2D eigenvalue weighted by Crippen LogP contribution is 2.17. The summed E-state index contributed by atoms with van der Waals surface area (Å²) in [4.78, 5) is 45.0. The molecule has 1 amide bonds. The molecule has 2 aromatic heterocycles. The monoisotopic (exact) mass is 463 g/mol. The molecule has 0 spiro atoms. The maximum absolute atomic E-state index is 12.6. The standard InChI is InChI=1S/C21H26ClN5O5/c1-31-17-11-27(9-5-18(28)32-12-13-2-6-24-7-3-13)8-4-16(17)25-20(29)14-10-15(22)19(23)26-21(14)30/h2-3,6-7,10,16-17H,4-5,8-9,11-12H2,1H3,(H,25,29)(H3,23,26,30)/t16-,17+/m0/s1. The van der Waals surface area contributed by atoms with Crippen molar-refractivity contribution in [2.75, 3.05) is 32.5 Å². The van der Waals surface area contributed by atoms with E-state index in [9.17, 15) is 14.4 Å². The number of nitrogens with zero attached hydrogens (tertiary/aromatic N) is 2. The molecule has 2 atom stereocenters. The number of halogens is 1. The third-order valence-electron chi connectivity index (χ3n) is 5.31. The second-order valence-corrected chi connectivity index (χ2v) is 7.89. The van der Waals surface area contributed by atoms with E-state index in [0.29, 0.717) is 26.1 Å². The Labute approximate surface area is 190 Å². The van der Waals surface area contributed by atoms with Crippen molar-refractivity contribution >= 4 is 29.3 Å². The first-order valence-corrected chi connectivity index (χ1v) is 10.5. The minimum atomic E-state index is -0.610. The molecule has 4 N–H and O–H groups in total. The Morgan fingerprint density at radius 2 is 2.12 bits per heavy atom. The lowest BCUT2D eigenvalue weighted by Gasteiger charge is -2.37. The molecule has 32 heavy (non-hydrogen) atoms. The summed E-state index contributed by atoms with van der Waals surface area (Å²) in [6.07, 6.45) is 3.84. The van der Waals surface area contributed by atoms with E-state index in [-0.39, 0.29) is 47.5 Å². The van der Waals surface area contributed by atoms with Crippen molar-refractivity contribution < 1.29 is 19.1 Å². The largest absolute Gasteiger partial charge is 0.461 e. The van der Waals surface area contributed by atoms with Gasteiger partial charge in [0, 0.05) is 39.1 Å². The Bertz CT molecular complexity index is 1000. The van der Waals surface area contributed by atoms with Gasteiger partial charge < -0.3 is 30.4 Å². The number of piperidine rings is 1. The van der Waals surface area contributed by atoms with Crippen LogP contribution in [0.1, 0.15) is 28.8 Å². The van der Waals surface area contributed by atoms with Crippen LogP contribution in [0.4, 0.5) is 5.82 Å². The number of aromatic nitrogens is 2. The van der Waals surface area contributed by atoms with Crippen LogP contribution in [0.15, 0.2) is 35.4 Å². The molecule has 10 nitrogen and oxygen atoms in total. The summed E-state index contributed by atoms with van der Waals surface area (Å²) >= 11 is 5.92. The van der Waals surface area contributed by atoms with Crippen molar-refractivity contribution in [2.24, 2.45) is 0 Å². The number of ether oxygens (including phenoxy) is 2. The molecule has 0 saturated carbocycles. The predicted octanol–water partition coefficient (Wildman–Crippen LogP) is 0.958. The number of H-pyrrole nitrogens is 1. The Balaban J connectivity index is 1.48. The van der Waals surface area contributed by atoms with Gasteiger partial charge in [-0.05, 0) is 30.2 Å². The molecule has 2 aromatic rings. The summed E-state index contributed by atoms with van der Waals surface area (Å²) in [5.74, 6) is -0.824. The van der Waals surface area contributed by atoms with Crippen molar-refractivity contribution in [1.29, 1.82) is 0 Å². The number of pyridine rings is 2. The van der Waals surface area contributed by atoms with E-state index in [4.69, 9.17) is 26.8 Å². The Hall–Kier alpha value is -2.95. The van der Waals surface area contributed by atoms with Gasteiger partial charge in [0.15, 0.2) is 0 Å². The lowest BCUT2D eigenvalue weighted by molar-refractivity contribution is -0.145. The number of likely N-dealkylation sites (tertiary alicyclic amines) is 1. The van der Waals surface area contributed by atoms with Gasteiger partial charge in [-0.1, -0.05) is 11.6 Å². The zero-order valence-corrected chi connectivity index (χ0v) is 18.4. The van der Waals surface area contributed by atoms with Crippen LogP contribution in [0.25, 0.3) is 0 Å². The minimum absolute atomic E-state index is 0.00981. The molecular formula is C21H26ClN5O5. The highest BCUT2D eigenvalue weighted by Gasteiger charge is 2.31. The number of hydrogen-bond donors (Lipinski definition) is 3. The van der Waals surface area contributed by atoms with E-state index < -0.39 is 11.5 Å². The average Bonchev–Trinajstić information content (AvgIpc) is 2.79. The van der Waals surface area contributed by atoms with Gasteiger partial charge in [-0.2, -0.15) is 0 Å². The summed E-state index contributed by atoms with van der Waals surface area (Å²) in [7, 11) is 1.56. The van der Waals surface area contributed by atoms with Gasteiger partial charge in [-0.25, -0.2) is 0 Å². The number of nitrogen functional groups attached to an aromatic ring is 1.